The molecule has 0 amide bonds. The molecule has 4 heterocycles. The van der Waals surface area contributed by atoms with Crippen molar-refractivity contribution in [2.24, 2.45) is 0 Å². The first-order valence-corrected chi connectivity index (χ1v) is 11.4. The maximum Gasteiger partial charge on any atom is 0.199 e. The van der Waals surface area contributed by atoms with Crippen molar-refractivity contribution in [2.45, 2.75) is 43.8 Å². The van der Waals surface area contributed by atoms with Crippen molar-refractivity contribution in [1.29, 1.82) is 0 Å². The van der Waals surface area contributed by atoms with Gasteiger partial charge in [-0.25, -0.2) is 4.98 Å². The average Bonchev–Trinajstić information content (AvgIpc) is 3.37. The summed E-state index contributed by atoms with van der Waals surface area (Å²) in [5.41, 5.74) is 2.98. The third kappa shape index (κ3) is 3.32. The second kappa shape index (κ2) is 7.21. The van der Waals surface area contributed by atoms with Crippen molar-refractivity contribution >= 4 is 31.5 Å². The summed E-state index contributed by atoms with van der Waals surface area (Å²) in [6, 6.07) is 7.81. The first kappa shape index (κ1) is 18.7. The number of benzene rings is 1. The van der Waals surface area contributed by atoms with Crippen molar-refractivity contribution < 1.29 is 19.0 Å². The lowest BCUT2D eigenvalue weighted by Crippen LogP contribution is -2.39. The van der Waals surface area contributed by atoms with Gasteiger partial charge in [0.2, 0.25) is 0 Å². The van der Waals surface area contributed by atoms with Gasteiger partial charge in [0, 0.05) is 29.6 Å². The van der Waals surface area contributed by atoms with E-state index in [0.29, 0.717) is 33.1 Å². The number of fused-ring (bicyclic) bond motifs is 2. The zero-order valence-corrected chi connectivity index (χ0v) is 17.7. The Morgan fingerprint density at radius 1 is 1.43 bits per heavy atom. The third-order valence-corrected chi connectivity index (χ3v) is 7.60. The lowest BCUT2D eigenvalue weighted by molar-refractivity contribution is -0.260. The topological polar surface area (TPSA) is 64.7 Å². The molecule has 0 saturated carbocycles. The SMILES string of the molecule is C[C@H]1O[C@@]2(C[C@@H](O)P1)OCc1cc(Cl)c(Cc3ncc(-c4ccco4)s3)cc12. The molecule has 0 bridgehead atoms. The molecule has 8 heteroatoms. The van der Waals surface area contributed by atoms with E-state index in [1.165, 1.54) is 0 Å². The fraction of sp³-hybridized carbons (Fsp3) is 0.350. The molecule has 1 aromatic carbocycles. The third-order valence-electron chi connectivity index (χ3n) is 5.06. The number of hydrogen-bond acceptors (Lipinski definition) is 6. The zero-order chi connectivity index (χ0) is 19.3. The van der Waals surface area contributed by atoms with Crippen LogP contribution in [0.2, 0.25) is 5.02 Å². The van der Waals surface area contributed by atoms with Gasteiger partial charge in [-0.1, -0.05) is 20.2 Å². The van der Waals surface area contributed by atoms with Gasteiger partial charge < -0.3 is 19.0 Å². The van der Waals surface area contributed by atoms with Gasteiger partial charge >= 0.3 is 0 Å². The Labute approximate surface area is 173 Å². The van der Waals surface area contributed by atoms with Gasteiger partial charge in [0.15, 0.2) is 5.79 Å². The largest absolute Gasteiger partial charge is 0.463 e. The molecular formula is C20H19ClNO4PS. The molecular weight excluding hydrogens is 417 g/mol. The molecule has 1 saturated heterocycles. The zero-order valence-electron chi connectivity index (χ0n) is 15.1. The Hall–Kier alpha value is -1.27. The molecule has 5 nitrogen and oxygen atoms in total. The number of hydrogen-bond donors (Lipinski definition) is 1. The van der Waals surface area contributed by atoms with Crippen LogP contribution in [0, 0.1) is 0 Å². The monoisotopic (exact) mass is 435 g/mol. The lowest BCUT2D eigenvalue weighted by Gasteiger charge is -2.39. The fourth-order valence-electron chi connectivity index (χ4n) is 3.85. The Bertz CT molecular complexity index is 996. The number of rotatable bonds is 3. The van der Waals surface area contributed by atoms with E-state index in [4.69, 9.17) is 25.5 Å². The molecule has 1 N–H and O–H groups in total. The van der Waals surface area contributed by atoms with Crippen molar-refractivity contribution in [3.05, 3.63) is 63.4 Å². The maximum absolute atomic E-state index is 10.3. The van der Waals surface area contributed by atoms with Gasteiger partial charge in [-0.3, -0.25) is 0 Å². The van der Waals surface area contributed by atoms with Crippen LogP contribution in [0.1, 0.15) is 35.0 Å². The summed E-state index contributed by atoms with van der Waals surface area (Å²) < 4.78 is 17.7. The minimum Gasteiger partial charge on any atom is -0.463 e. The second-order valence-corrected chi connectivity index (χ2v) is 10.4. The molecule has 0 radical (unpaired) electrons. The quantitative estimate of drug-likeness (QED) is 0.580. The molecule has 1 fully saturated rings. The average molecular weight is 436 g/mol. The van der Waals surface area contributed by atoms with Crippen LogP contribution in [0.25, 0.3) is 10.6 Å². The van der Waals surface area contributed by atoms with E-state index in [-0.39, 0.29) is 5.85 Å². The Morgan fingerprint density at radius 3 is 3.11 bits per heavy atom. The molecule has 2 aliphatic heterocycles. The van der Waals surface area contributed by atoms with Crippen LogP contribution in [0.15, 0.2) is 41.1 Å². The smallest absolute Gasteiger partial charge is 0.199 e. The Balaban J connectivity index is 1.46. The molecule has 5 rings (SSSR count). The highest BCUT2D eigenvalue weighted by Crippen LogP contribution is 2.51. The standard InChI is InChI=1S/C20H19ClNO4PS/c1-11-26-20(8-19(23)27-11)14-5-12(15(21)6-13(14)10-25-20)7-18-22-9-17(28-18)16-3-2-4-24-16/h2-6,9,11,19,23,27H,7-8,10H2,1H3/t11-,19-,20+/m0/s1. The summed E-state index contributed by atoms with van der Waals surface area (Å²) in [6.45, 7) is 2.42. The van der Waals surface area contributed by atoms with Crippen LogP contribution in [0.3, 0.4) is 0 Å². The first-order chi connectivity index (χ1) is 13.5. The minimum absolute atomic E-state index is 0.0383. The highest BCUT2D eigenvalue weighted by atomic mass is 35.5. The van der Waals surface area contributed by atoms with Crippen LogP contribution in [0.4, 0.5) is 0 Å². The van der Waals surface area contributed by atoms with Crippen LogP contribution < -0.4 is 0 Å². The molecule has 2 aliphatic rings. The number of halogens is 1. The molecule has 28 heavy (non-hydrogen) atoms. The van der Waals surface area contributed by atoms with Gasteiger partial charge in [-0.05, 0) is 42.3 Å². The van der Waals surface area contributed by atoms with Crippen molar-refractivity contribution in [3.63, 3.8) is 0 Å². The molecule has 1 unspecified atom stereocenters. The Kier molecular flexibility index (Phi) is 4.82. The lowest BCUT2D eigenvalue weighted by atomic mass is 9.96. The highest BCUT2D eigenvalue weighted by molar-refractivity contribution is 7.39. The van der Waals surface area contributed by atoms with E-state index in [9.17, 15) is 5.11 Å². The number of aliphatic hydroxyl groups excluding tert-OH is 1. The van der Waals surface area contributed by atoms with E-state index in [0.717, 1.165) is 32.3 Å². The van der Waals surface area contributed by atoms with Crippen LogP contribution in [0.5, 0.6) is 0 Å². The van der Waals surface area contributed by atoms with E-state index in [1.54, 1.807) is 17.6 Å². The van der Waals surface area contributed by atoms with Crippen LogP contribution in [-0.4, -0.2) is 21.8 Å². The molecule has 1 spiro atoms. The van der Waals surface area contributed by atoms with E-state index >= 15 is 0 Å². The molecule has 2 aromatic heterocycles. The van der Waals surface area contributed by atoms with E-state index in [1.807, 2.05) is 31.3 Å². The van der Waals surface area contributed by atoms with Crippen molar-refractivity contribution in [2.75, 3.05) is 0 Å². The minimum atomic E-state index is -0.874. The van der Waals surface area contributed by atoms with Gasteiger partial charge in [-0.15, -0.1) is 11.3 Å². The van der Waals surface area contributed by atoms with Crippen LogP contribution >= 0.6 is 31.5 Å². The summed E-state index contributed by atoms with van der Waals surface area (Å²) in [5.74, 6) is -0.510. The number of furan rings is 1. The molecule has 4 atom stereocenters. The van der Waals surface area contributed by atoms with Gasteiger partial charge in [0.1, 0.15) is 5.76 Å². The summed E-state index contributed by atoms with van der Waals surface area (Å²) in [7, 11) is 0.361. The normalized spacial score (nSPS) is 27.5. The van der Waals surface area contributed by atoms with Crippen molar-refractivity contribution in [1.82, 2.24) is 4.98 Å². The number of ether oxygens (including phenoxy) is 2. The molecule has 146 valence electrons. The van der Waals surface area contributed by atoms with E-state index < -0.39 is 11.6 Å². The van der Waals surface area contributed by atoms with Crippen molar-refractivity contribution in [3.8, 4) is 10.6 Å². The van der Waals surface area contributed by atoms with Crippen LogP contribution in [-0.2, 0) is 28.3 Å². The number of nitrogens with zero attached hydrogens (tertiary/aromatic N) is 1. The van der Waals surface area contributed by atoms with Gasteiger partial charge in [0.05, 0.1) is 34.4 Å². The van der Waals surface area contributed by atoms with Gasteiger partial charge in [0.25, 0.3) is 0 Å². The predicted molar refractivity (Wildman–Crippen MR) is 110 cm³/mol. The summed E-state index contributed by atoms with van der Waals surface area (Å²) >= 11 is 8.15. The van der Waals surface area contributed by atoms with E-state index in [2.05, 4.69) is 11.1 Å². The Morgan fingerprint density at radius 2 is 2.32 bits per heavy atom. The summed E-state index contributed by atoms with van der Waals surface area (Å²) in [6.07, 6.45) is 4.55. The predicted octanol–water partition coefficient (Wildman–Crippen LogP) is 5.09. The maximum atomic E-state index is 10.3. The van der Waals surface area contributed by atoms with Gasteiger partial charge in [-0.2, -0.15) is 0 Å². The fourth-order valence-corrected chi connectivity index (χ4v) is 6.20. The molecule has 0 aliphatic carbocycles. The number of aliphatic hydroxyl groups is 1. The number of thiazole rings is 1. The summed E-state index contributed by atoms with van der Waals surface area (Å²) in [4.78, 5) is 5.52. The summed E-state index contributed by atoms with van der Waals surface area (Å²) in [5, 5.41) is 11.9. The highest BCUT2D eigenvalue weighted by Gasteiger charge is 2.47. The first-order valence-electron chi connectivity index (χ1n) is 9.09. The number of aromatic nitrogens is 1. The second-order valence-electron chi connectivity index (χ2n) is 7.06. The molecule has 3 aromatic rings.